The van der Waals surface area contributed by atoms with Crippen LogP contribution in [0.25, 0.3) is 0 Å². The van der Waals surface area contributed by atoms with E-state index in [2.05, 4.69) is 15.7 Å². The molecule has 20 heavy (non-hydrogen) atoms. The van der Waals surface area contributed by atoms with E-state index in [4.69, 9.17) is 5.84 Å². The van der Waals surface area contributed by atoms with Crippen LogP contribution in [0.5, 0.6) is 0 Å². The molecule has 2 aromatic rings. The van der Waals surface area contributed by atoms with E-state index in [1.165, 1.54) is 29.5 Å². The highest BCUT2D eigenvalue weighted by molar-refractivity contribution is 7.09. The van der Waals surface area contributed by atoms with Crippen molar-refractivity contribution in [2.24, 2.45) is 5.84 Å². The molecule has 0 aliphatic rings. The maximum Gasteiger partial charge on any atom is 0.294 e. The Bertz CT molecular complexity index is 629. The first-order valence-electron chi connectivity index (χ1n) is 5.53. The van der Waals surface area contributed by atoms with E-state index in [0.717, 1.165) is 5.01 Å². The standard InChI is InChI=1S/C11H11N5O3S/c12-15-8-2-1-7(5-9(8)16(18)19)11(17)14-6-10-13-3-4-20-10/h1-5,15H,6,12H2,(H,14,17). The largest absolute Gasteiger partial charge is 0.346 e. The number of amides is 1. The summed E-state index contributed by atoms with van der Waals surface area (Å²) in [6.45, 7) is 0.279. The molecule has 2 rings (SSSR count). The van der Waals surface area contributed by atoms with Gasteiger partial charge in [-0.2, -0.15) is 0 Å². The molecular formula is C11H11N5O3S. The molecule has 0 unspecified atom stereocenters. The third-order valence-corrected chi connectivity index (χ3v) is 3.28. The molecule has 4 N–H and O–H groups in total. The maximum atomic E-state index is 11.9. The number of anilines is 1. The summed E-state index contributed by atoms with van der Waals surface area (Å²) in [6.07, 6.45) is 1.64. The first-order chi connectivity index (χ1) is 9.61. The van der Waals surface area contributed by atoms with Gasteiger partial charge in [0.1, 0.15) is 10.7 Å². The van der Waals surface area contributed by atoms with Gasteiger partial charge in [0, 0.05) is 23.2 Å². The van der Waals surface area contributed by atoms with Gasteiger partial charge in [0.25, 0.3) is 11.6 Å². The normalized spacial score (nSPS) is 10.1. The second kappa shape index (κ2) is 6.08. The second-order valence-electron chi connectivity index (χ2n) is 3.74. The Morgan fingerprint density at radius 3 is 2.90 bits per heavy atom. The van der Waals surface area contributed by atoms with Crippen molar-refractivity contribution in [3.05, 3.63) is 50.5 Å². The zero-order valence-electron chi connectivity index (χ0n) is 10.2. The number of nitrogens with one attached hydrogen (secondary N) is 2. The minimum absolute atomic E-state index is 0.145. The van der Waals surface area contributed by atoms with Crippen LogP contribution >= 0.6 is 11.3 Å². The average Bonchev–Trinajstić information content (AvgIpc) is 2.97. The third-order valence-electron chi connectivity index (χ3n) is 2.50. The van der Waals surface area contributed by atoms with E-state index in [0.29, 0.717) is 0 Å². The molecule has 0 aliphatic carbocycles. The van der Waals surface area contributed by atoms with Crippen LogP contribution < -0.4 is 16.6 Å². The molecule has 0 spiro atoms. The molecule has 1 heterocycles. The third kappa shape index (κ3) is 3.08. The fourth-order valence-corrected chi connectivity index (χ4v) is 2.10. The van der Waals surface area contributed by atoms with Gasteiger partial charge < -0.3 is 10.7 Å². The minimum Gasteiger partial charge on any atom is -0.346 e. The molecule has 1 aromatic carbocycles. The van der Waals surface area contributed by atoms with Crippen LogP contribution in [0.15, 0.2) is 29.8 Å². The van der Waals surface area contributed by atoms with Gasteiger partial charge in [-0.3, -0.25) is 20.8 Å². The summed E-state index contributed by atoms with van der Waals surface area (Å²) < 4.78 is 0. The van der Waals surface area contributed by atoms with E-state index in [1.54, 1.807) is 11.6 Å². The van der Waals surface area contributed by atoms with Crippen LogP contribution in [0.1, 0.15) is 15.4 Å². The highest BCUT2D eigenvalue weighted by Gasteiger charge is 2.16. The van der Waals surface area contributed by atoms with Crippen LogP contribution in [0, 0.1) is 10.1 Å². The summed E-state index contributed by atoms with van der Waals surface area (Å²) in [5, 5.41) is 16.1. The van der Waals surface area contributed by atoms with Gasteiger partial charge in [-0.15, -0.1) is 11.3 Å². The van der Waals surface area contributed by atoms with Crippen molar-refractivity contribution in [2.45, 2.75) is 6.54 Å². The summed E-state index contributed by atoms with van der Waals surface area (Å²) in [6, 6.07) is 4.02. The first-order valence-corrected chi connectivity index (χ1v) is 6.41. The quantitative estimate of drug-likeness (QED) is 0.433. The molecule has 0 saturated heterocycles. The van der Waals surface area contributed by atoms with Crippen LogP contribution in [0.3, 0.4) is 0 Å². The Hall–Kier alpha value is -2.52. The lowest BCUT2D eigenvalue weighted by Crippen LogP contribution is -2.23. The average molecular weight is 293 g/mol. The lowest BCUT2D eigenvalue weighted by Gasteiger charge is -2.06. The van der Waals surface area contributed by atoms with Crippen LogP contribution in [0.4, 0.5) is 11.4 Å². The van der Waals surface area contributed by atoms with E-state index >= 15 is 0 Å². The van der Waals surface area contributed by atoms with Gasteiger partial charge in [0.15, 0.2) is 0 Å². The monoisotopic (exact) mass is 293 g/mol. The fourth-order valence-electron chi connectivity index (χ4n) is 1.54. The van der Waals surface area contributed by atoms with Crippen molar-refractivity contribution in [2.75, 3.05) is 5.43 Å². The Balaban J connectivity index is 2.13. The number of hydrogen-bond acceptors (Lipinski definition) is 7. The fraction of sp³-hybridized carbons (Fsp3) is 0.0909. The molecular weight excluding hydrogens is 282 g/mol. The topological polar surface area (TPSA) is 123 Å². The molecule has 1 amide bonds. The molecule has 0 saturated carbocycles. The van der Waals surface area contributed by atoms with Crippen LogP contribution in [0.2, 0.25) is 0 Å². The molecule has 1 aromatic heterocycles. The van der Waals surface area contributed by atoms with Crippen LogP contribution in [-0.2, 0) is 6.54 Å². The SMILES string of the molecule is NNc1ccc(C(=O)NCc2nccs2)cc1[N+](=O)[O-]. The first kappa shape index (κ1) is 13.9. The van der Waals surface area contributed by atoms with Gasteiger partial charge >= 0.3 is 0 Å². The van der Waals surface area contributed by atoms with E-state index in [9.17, 15) is 14.9 Å². The summed E-state index contributed by atoms with van der Waals surface area (Å²) in [4.78, 5) is 26.2. The molecule has 0 aliphatic heterocycles. The smallest absolute Gasteiger partial charge is 0.294 e. The highest BCUT2D eigenvalue weighted by Crippen LogP contribution is 2.24. The number of hydrogen-bond donors (Lipinski definition) is 3. The summed E-state index contributed by atoms with van der Waals surface area (Å²) in [7, 11) is 0. The van der Waals surface area contributed by atoms with Gasteiger partial charge in [0.2, 0.25) is 0 Å². The zero-order chi connectivity index (χ0) is 14.5. The maximum absolute atomic E-state index is 11.9. The number of benzene rings is 1. The Kier molecular flexibility index (Phi) is 4.23. The lowest BCUT2D eigenvalue weighted by molar-refractivity contribution is -0.384. The van der Waals surface area contributed by atoms with Crippen molar-refractivity contribution >= 4 is 28.6 Å². The summed E-state index contributed by atoms with van der Waals surface area (Å²) in [5.74, 6) is 4.77. The van der Waals surface area contributed by atoms with E-state index < -0.39 is 10.8 Å². The summed E-state index contributed by atoms with van der Waals surface area (Å²) >= 11 is 1.41. The van der Waals surface area contributed by atoms with Crippen molar-refractivity contribution in [1.82, 2.24) is 10.3 Å². The number of carbonyl (C=O) groups excluding carboxylic acids is 1. The zero-order valence-corrected chi connectivity index (χ0v) is 11.0. The Labute approximate surface area is 117 Å². The minimum atomic E-state index is -0.604. The van der Waals surface area contributed by atoms with Crippen molar-refractivity contribution < 1.29 is 9.72 Å². The molecule has 0 bridgehead atoms. The van der Waals surface area contributed by atoms with E-state index in [-0.39, 0.29) is 23.5 Å². The highest BCUT2D eigenvalue weighted by atomic mass is 32.1. The summed E-state index contributed by atoms with van der Waals surface area (Å²) in [5.41, 5.74) is 2.29. The van der Waals surface area contributed by atoms with Crippen molar-refractivity contribution in [1.29, 1.82) is 0 Å². The number of nitrogens with zero attached hydrogens (tertiary/aromatic N) is 2. The van der Waals surface area contributed by atoms with Crippen molar-refractivity contribution in [3.8, 4) is 0 Å². The number of nitrogens with two attached hydrogens (primary N) is 1. The number of carbonyl (C=O) groups is 1. The predicted molar refractivity (Wildman–Crippen MR) is 74.2 cm³/mol. The Morgan fingerprint density at radius 2 is 2.30 bits per heavy atom. The molecule has 9 heteroatoms. The lowest BCUT2D eigenvalue weighted by atomic mass is 10.1. The Morgan fingerprint density at radius 1 is 1.50 bits per heavy atom. The van der Waals surface area contributed by atoms with E-state index in [1.807, 2.05) is 0 Å². The predicted octanol–water partition coefficient (Wildman–Crippen LogP) is 1.27. The number of aromatic nitrogens is 1. The van der Waals surface area contributed by atoms with Gasteiger partial charge in [-0.25, -0.2) is 4.98 Å². The second-order valence-corrected chi connectivity index (χ2v) is 4.72. The number of rotatable bonds is 5. The molecule has 0 fully saturated rings. The number of nitrogen functional groups attached to an aromatic ring is 1. The number of thiazole rings is 1. The molecule has 0 radical (unpaired) electrons. The number of hydrazine groups is 1. The van der Waals surface area contributed by atoms with Crippen LogP contribution in [-0.4, -0.2) is 15.8 Å². The van der Waals surface area contributed by atoms with Crippen molar-refractivity contribution in [3.63, 3.8) is 0 Å². The van der Waals surface area contributed by atoms with Gasteiger partial charge in [0.05, 0.1) is 11.5 Å². The molecule has 8 nitrogen and oxygen atoms in total. The van der Waals surface area contributed by atoms with Gasteiger partial charge in [-0.1, -0.05) is 0 Å². The molecule has 0 atom stereocenters. The number of nitro benzene ring substituents is 1. The molecule has 104 valence electrons. The van der Waals surface area contributed by atoms with Gasteiger partial charge in [-0.05, 0) is 12.1 Å². The number of nitro groups is 1.